The number of carbonyl (C=O) groups is 3. The van der Waals surface area contributed by atoms with Crippen LogP contribution in [0.25, 0.3) is 0 Å². The Morgan fingerprint density at radius 1 is 1.00 bits per heavy atom. The Morgan fingerprint density at radius 2 is 1.68 bits per heavy atom. The van der Waals surface area contributed by atoms with Crippen LogP contribution in [0.5, 0.6) is 0 Å². The molecule has 0 aliphatic carbocycles. The third-order valence-corrected chi connectivity index (χ3v) is 6.74. The van der Waals surface area contributed by atoms with Gasteiger partial charge in [-0.3, -0.25) is 24.8 Å². The number of halogens is 1. The van der Waals surface area contributed by atoms with Crippen LogP contribution in [0.3, 0.4) is 0 Å². The molecular weight excluding hydrogens is 454 g/mol. The van der Waals surface area contributed by atoms with Gasteiger partial charge in [-0.05, 0) is 49.2 Å². The van der Waals surface area contributed by atoms with Crippen LogP contribution in [0, 0.1) is 0 Å². The van der Waals surface area contributed by atoms with Crippen molar-refractivity contribution in [3.8, 4) is 0 Å². The van der Waals surface area contributed by atoms with Crippen molar-refractivity contribution in [3.63, 3.8) is 0 Å². The molecule has 2 aliphatic heterocycles. The van der Waals surface area contributed by atoms with Gasteiger partial charge in [0.1, 0.15) is 5.54 Å². The molecule has 0 saturated carbocycles. The topological polar surface area (TPSA) is 85.0 Å². The third kappa shape index (κ3) is 5.24. The van der Waals surface area contributed by atoms with E-state index in [9.17, 15) is 14.4 Å². The van der Waals surface area contributed by atoms with Crippen LogP contribution >= 0.6 is 11.6 Å². The van der Waals surface area contributed by atoms with Crippen molar-refractivity contribution in [2.24, 2.45) is 0 Å². The maximum atomic E-state index is 13.2. The third-order valence-electron chi connectivity index (χ3n) is 6.49. The number of imide groups is 1. The van der Waals surface area contributed by atoms with Crippen LogP contribution in [0.15, 0.2) is 54.6 Å². The number of nitrogens with zero attached hydrogens (tertiary/aromatic N) is 3. The van der Waals surface area contributed by atoms with Gasteiger partial charge in [-0.1, -0.05) is 61.0 Å². The van der Waals surface area contributed by atoms with Gasteiger partial charge in [-0.25, -0.2) is 4.79 Å². The summed E-state index contributed by atoms with van der Waals surface area (Å²) in [6.07, 6.45) is 1.31. The molecule has 0 spiro atoms. The van der Waals surface area contributed by atoms with Crippen molar-refractivity contribution in [3.05, 3.63) is 70.7 Å². The van der Waals surface area contributed by atoms with E-state index >= 15 is 0 Å². The first-order valence-electron chi connectivity index (χ1n) is 11.6. The van der Waals surface area contributed by atoms with Crippen molar-refractivity contribution in [1.29, 1.82) is 0 Å². The number of nitrogens with one attached hydrogen (secondary N) is 2. The zero-order valence-electron chi connectivity index (χ0n) is 19.3. The first-order valence-corrected chi connectivity index (χ1v) is 12.0. The lowest BCUT2D eigenvalue weighted by Crippen LogP contribution is -2.51. The van der Waals surface area contributed by atoms with Gasteiger partial charge in [0.2, 0.25) is 0 Å². The van der Waals surface area contributed by atoms with Crippen molar-refractivity contribution in [2.75, 3.05) is 32.7 Å². The summed E-state index contributed by atoms with van der Waals surface area (Å²) in [7, 11) is 0. The summed E-state index contributed by atoms with van der Waals surface area (Å²) < 4.78 is 0. The van der Waals surface area contributed by atoms with Crippen molar-refractivity contribution in [2.45, 2.75) is 31.8 Å². The summed E-state index contributed by atoms with van der Waals surface area (Å²) in [5.74, 6) is -0.848. The van der Waals surface area contributed by atoms with Gasteiger partial charge >= 0.3 is 6.03 Å². The van der Waals surface area contributed by atoms with Gasteiger partial charge in [0.15, 0.2) is 0 Å². The van der Waals surface area contributed by atoms with Crippen LogP contribution in [-0.2, 0) is 21.7 Å². The second-order valence-corrected chi connectivity index (χ2v) is 9.20. The lowest BCUT2D eigenvalue weighted by atomic mass is 9.87. The number of amides is 4. The minimum Gasteiger partial charge on any atom is -0.318 e. The van der Waals surface area contributed by atoms with Gasteiger partial charge in [0, 0.05) is 24.7 Å². The zero-order valence-corrected chi connectivity index (χ0v) is 20.1. The number of hydrogen-bond acceptors (Lipinski definition) is 5. The molecule has 4 rings (SSSR count). The highest BCUT2D eigenvalue weighted by Crippen LogP contribution is 2.31. The highest BCUT2D eigenvalue weighted by molar-refractivity contribution is 6.30. The van der Waals surface area contributed by atoms with Crippen LogP contribution in [0.2, 0.25) is 5.02 Å². The average molecular weight is 484 g/mol. The Kier molecular flexibility index (Phi) is 7.50. The van der Waals surface area contributed by atoms with Gasteiger partial charge in [-0.15, -0.1) is 0 Å². The fraction of sp³-hybridized carbons (Fsp3) is 0.400. The number of carbonyl (C=O) groups excluding carboxylic acids is 3. The minimum atomic E-state index is -1.17. The largest absolute Gasteiger partial charge is 0.344 e. The van der Waals surface area contributed by atoms with Crippen LogP contribution in [-0.4, -0.2) is 65.4 Å². The molecule has 9 heteroatoms. The van der Waals surface area contributed by atoms with Crippen LogP contribution < -0.4 is 10.7 Å². The molecule has 2 fully saturated rings. The maximum Gasteiger partial charge on any atom is 0.344 e. The fourth-order valence-corrected chi connectivity index (χ4v) is 4.72. The molecule has 2 saturated heterocycles. The molecule has 4 amide bonds. The van der Waals surface area contributed by atoms with Crippen LogP contribution in [0.4, 0.5) is 4.79 Å². The number of rotatable bonds is 7. The smallest absolute Gasteiger partial charge is 0.318 e. The zero-order chi connectivity index (χ0) is 24.1. The number of hydrogen-bond donors (Lipinski definition) is 2. The lowest BCUT2D eigenvalue weighted by molar-refractivity contribution is -0.139. The van der Waals surface area contributed by atoms with Gasteiger partial charge in [0.05, 0.1) is 6.54 Å². The Bertz CT molecular complexity index is 1030. The molecule has 0 aromatic heterocycles. The van der Waals surface area contributed by atoms with E-state index in [1.54, 1.807) is 12.1 Å². The van der Waals surface area contributed by atoms with Gasteiger partial charge < -0.3 is 5.32 Å². The summed E-state index contributed by atoms with van der Waals surface area (Å²) in [5, 5.41) is 4.33. The normalized spacial score (nSPS) is 21.9. The molecule has 0 bridgehead atoms. The highest BCUT2D eigenvalue weighted by atomic mass is 35.5. The molecule has 180 valence electrons. The van der Waals surface area contributed by atoms with Crippen molar-refractivity contribution >= 4 is 29.4 Å². The quantitative estimate of drug-likeness (QED) is 0.591. The summed E-state index contributed by atoms with van der Waals surface area (Å²) in [6, 6.07) is 16.3. The number of hydrazine groups is 1. The summed E-state index contributed by atoms with van der Waals surface area (Å²) >= 11 is 5.97. The second-order valence-electron chi connectivity index (χ2n) is 8.76. The Balaban J connectivity index is 1.32. The molecule has 2 aromatic carbocycles. The second kappa shape index (κ2) is 10.5. The lowest BCUT2D eigenvalue weighted by Gasteiger charge is -2.26. The first-order chi connectivity index (χ1) is 16.4. The Hall–Kier alpha value is -2.94. The monoisotopic (exact) mass is 483 g/mol. The molecule has 2 N–H and O–H groups in total. The molecule has 1 unspecified atom stereocenters. The van der Waals surface area contributed by atoms with E-state index in [0.29, 0.717) is 12.0 Å². The van der Waals surface area contributed by atoms with E-state index in [0.717, 1.165) is 49.2 Å². The molecule has 2 heterocycles. The fourth-order valence-electron chi connectivity index (χ4n) is 4.59. The molecule has 0 radical (unpaired) electrons. The summed E-state index contributed by atoms with van der Waals surface area (Å²) in [5.41, 5.74) is 3.25. The van der Waals surface area contributed by atoms with E-state index in [1.807, 2.05) is 49.4 Å². The molecule has 34 heavy (non-hydrogen) atoms. The van der Waals surface area contributed by atoms with E-state index < -0.39 is 17.5 Å². The highest BCUT2D eigenvalue weighted by Gasteiger charge is 2.52. The van der Waals surface area contributed by atoms with Gasteiger partial charge in [-0.2, -0.15) is 5.01 Å². The predicted octanol–water partition coefficient (Wildman–Crippen LogP) is 2.74. The van der Waals surface area contributed by atoms with E-state index in [-0.39, 0.29) is 12.5 Å². The summed E-state index contributed by atoms with van der Waals surface area (Å²) in [6.45, 7) is 6.05. The molecule has 8 nitrogen and oxygen atoms in total. The standard InChI is InChI=1S/C25H30ClN5O3/c1-2-25(20-7-4-3-5-8-20)23(33)31(24(34)27-25)28-22(32)18-30-14-6-13-29(15-16-30)17-19-9-11-21(26)12-10-19/h3-5,7-12H,2,6,13-18H2,1H3,(H,27,34)(H,28,32). The molecule has 1 atom stereocenters. The van der Waals surface area contributed by atoms with E-state index in [2.05, 4.69) is 20.5 Å². The molecule has 2 aromatic rings. The van der Waals surface area contributed by atoms with Gasteiger partial charge in [0.25, 0.3) is 11.8 Å². The number of benzene rings is 2. The van der Waals surface area contributed by atoms with E-state index in [1.165, 1.54) is 5.56 Å². The molecule has 2 aliphatic rings. The van der Waals surface area contributed by atoms with Crippen molar-refractivity contribution < 1.29 is 14.4 Å². The molecular formula is C25H30ClN5O3. The van der Waals surface area contributed by atoms with E-state index in [4.69, 9.17) is 11.6 Å². The predicted molar refractivity (Wildman–Crippen MR) is 130 cm³/mol. The summed E-state index contributed by atoms with van der Waals surface area (Å²) in [4.78, 5) is 43.0. The van der Waals surface area contributed by atoms with Crippen molar-refractivity contribution in [1.82, 2.24) is 25.6 Å². The first kappa shape index (κ1) is 24.2. The number of urea groups is 1. The average Bonchev–Trinajstić information content (AvgIpc) is 2.96. The Labute approximate surface area is 204 Å². The maximum absolute atomic E-state index is 13.2. The minimum absolute atomic E-state index is 0.121. The Morgan fingerprint density at radius 3 is 2.38 bits per heavy atom. The van der Waals surface area contributed by atoms with Crippen LogP contribution in [0.1, 0.15) is 30.9 Å². The SMILES string of the molecule is CCC1(c2ccccc2)NC(=O)N(NC(=O)CN2CCCN(Cc3ccc(Cl)cc3)CC2)C1=O.